The molecule has 0 saturated heterocycles. The van der Waals surface area contributed by atoms with Crippen LogP contribution in [0.5, 0.6) is 0 Å². The topological polar surface area (TPSA) is 12.0 Å². The minimum absolute atomic E-state index is 0.151. The maximum atomic E-state index is 6.06. The predicted octanol–water partition coefficient (Wildman–Crippen LogP) is 4.61. The van der Waals surface area contributed by atoms with Gasteiger partial charge in [-0.05, 0) is 48.9 Å². The summed E-state index contributed by atoms with van der Waals surface area (Å²) >= 11 is 12.0. The quantitative estimate of drug-likeness (QED) is 0.865. The molecule has 0 radical (unpaired) electrons. The number of hydrogen-bond donors (Lipinski definition) is 1. The fourth-order valence-corrected chi connectivity index (χ4v) is 2.27. The minimum Gasteiger partial charge on any atom is -0.309 e. The lowest BCUT2D eigenvalue weighted by atomic mass is 9.97. The third-order valence-corrected chi connectivity index (χ3v) is 3.68. The first-order chi connectivity index (χ1) is 8.61. The van der Waals surface area contributed by atoms with Gasteiger partial charge >= 0.3 is 0 Å². The molecule has 0 amide bonds. The van der Waals surface area contributed by atoms with Gasteiger partial charge in [0.05, 0.1) is 6.04 Å². The number of nitrogens with one attached hydrogen (secondary N) is 1. The Morgan fingerprint density at radius 1 is 0.944 bits per heavy atom. The second-order valence-corrected chi connectivity index (χ2v) is 5.13. The van der Waals surface area contributed by atoms with Gasteiger partial charge in [0.2, 0.25) is 0 Å². The van der Waals surface area contributed by atoms with Gasteiger partial charge in [-0.1, -0.05) is 47.5 Å². The van der Waals surface area contributed by atoms with E-state index in [9.17, 15) is 0 Å². The van der Waals surface area contributed by atoms with Gasteiger partial charge in [0.1, 0.15) is 0 Å². The van der Waals surface area contributed by atoms with E-state index in [1.807, 2.05) is 50.4 Å². The van der Waals surface area contributed by atoms with Crippen LogP contribution < -0.4 is 5.32 Å². The van der Waals surface area contributed by atoms with Crippen LogP contribution in [-0.4, -0.2) is 7.05 Å². The highest BCUT2D eigenvalue weighted by Crippen LogP contribution is 2.26. The number of hydrogen-bond acceptors (Lipinski definition) is 1. The molecule has 0 aliphatic rings. The third-order valence-electron chi connectivity index (χ3n) is 3.01. The lowest BCUT2D eigenvalue weighted by Gasteiger charge is -2.18. The van der Waals surface area contributed by atoms with E-state index in [2.05, 4.69) is 11.4 Å². The zero-order valence-corrected chi connectivity index (χ0v) is 11.9. The summed E-state index contributed by atoms with van der Waals surface area (Å²) in [5.41, 5.74) is 3.47. The molecule has 2 aromatic carbocycles. The normalized spacial score (nSPS) is 12.4. The van der Waals surface area contributed by atoms with Crippen molar-refractivity contribution < 1.29 is 0 Å². The average Bonchev–Trinajstić information content (AvgIpc) is 2.37. The molecule has 0 aliphatic heterocycles. The van der Waals surface area contributed by atoms with E-state index >= 15 is 0 Å². The summed E-state index contributed by atoms with van der Waals surface area (Å²) in [5.74, 6) is 0. The molecule has 0 aliphatic carbocycles. The molecule has 2 aromatic rings. The first-order valence-corrected chi connectivity index (χ1v) is 6.56. The van der Waals surface area contributed by atoms with E-state index in [-0.39, 0.29) is 6.04 Å². The van der Waals surface area contributed by atoms with Crippen LogP contribution >= 0.6 is 23.2 Å². The van der Waals surface area contributed by atoms with Crippen molar-refractivity contribution in [2.45, 2.75) is 13.0 Å². The number of halogens is 2. The molecule has 1 atom stereocenters. The molecule has 94 valence electrons. The summed E-state index contributed by atoms with van der Waals surface area (Å²) in [6, 6.07) is 14.1. The van der Waals surface area contributed by atoms with Crippen LogP contribution in [0.25, 0.3) is 0 Å². The Morgan fingerprint density at radius 3 is 2.11 bits per heavy atom. The molecular formula is C15H15Cl2N. The molecule has 0 fully saturated rings. The molecule has 0 heterocycles. The van der Waals surface area contributed by atoms with Gasteiger partial charge in [0, 0.05) is 10.0 Å². The number of rotatable bonds is 3. The SMILES string of the molecule is CNC(c1ccc(Cl)cc1)c1ccc(Cl)c(C)c1. The third kappa shape index (κ3) is 2.86. The predicted molar refractivity (Wildman–Crippen MR) is 78.5 cm³/mol. The molecule has 0 aromatic heterocycles. The van der Waals surface area contributed by atoms with Crippen molar-refractivity contribution in [1.82, 2.24) is 5.32 Å². The van der Waals surface area contributed by atoms with Crippen LogP contribution in [0, 0.1) is 6.92 Å². The van der Waals surface area contributed by atoms with Crippen molar-refractivity contribution in [3.63, 3.8) is 0 Å². The molecule has 2 rings (SSSR count). The fourth-order valence-electron chi connectivity index (χ4n) is 2.03. The van der Waals surface area contributed by atoms with E-state index in [1.54, 1.807) is 0 Å². The zero-order chi connectivity index (χ0) is 13.1. The summed E-state index contributed by atoms with van der Waals surface area (Å²) in [6.07, 6.45) is 0. The Labute approximate surface area is 118 Å². The van der Waals surface area contributed by atoms with Gasteiger partial charge in [-0.15, -0.1) is 0 Å². The van der Waals surface area contributed by atoms with Crippen molar-refractivity contribution in [1.29, 1.82) is 0 Å². The number of benzene rings is 2. The summed E-state index contributed by atoms with van der Waals surface area (Å²) in [6.45, 7) is 2.01. The Hall–Kier alpha value is -1.02. The lowest BCUT2D eigenvalue weighted by Crippen LogP contribution is -2.17. The van der Waals surface area contributed by atoms with Crippen LogP contribution in [0.1, 0.15) is 22.7 Å². The van der Waals surface area contributed by atoms with Gasteiger partial charge in [-0.3, -0.25) is 0 Å². The molecule has 1 unspecified atom stereocenters. The Bertz CT molecular complexity index is 535. The Kier molecular flexibility index (Phi) is 4.28. The smallest absolute Gasteiger partial charge is 0.0574 e. The second-order valence-electron chi connectivity index (χ2n) is 4.28. The van der Waals surface area contributed by atoms with Crippen LogP contribution in [0.4, 0.5) is 0 Å². The van der Waals surface area contributed by atoms with Crippen LogP contribution in [0.15, 0.2) is 42.5 Å². The Morgan fingerprint density at radius 2 is 1.56 bits per heavy atom. The zero-order valence-electron chi connectivity index (χ0n) is 10.4. The van der Waals surface area contributed by atoms with Gasteiger partial charge in [-0.2, -0.15) is 0 Å². The lowest BCUT2D eigenvalue weighted by molar-refractivity contribution is 0.691. The van der Waals surface area contributed by atoms with Gasteiger partial charge in [0.15, 0.2) is 0 Å². The maximum Gasteiger partial charge on any atom is 0.0574 e. The first kappa shape index (κ1) is 13.4. The highest BCUT2D eigenvalue weighted by molar-refractivity contribution is 6.31. The molecular weight excluding hydrogens is 265 g/mol. The fraction of sp³-hybridized carbons (Fsp3) is 0.200. The van der Waals surface area contributed by atoms with Gasteiger partial charge in [0.25, 0.3) is 0 Å². The van der Waals surface area contributed by atoms with E-state index in [1.165, 1.54) is 11.1 Å². The van der Waals surface area contributed by atoms with E-state index in [4.69, 9.17) is 23.2 Å². The van der Waals surface area contributed by atoms with Crippen LogP contribution in [0.2, 0.25) is 10.0 Å². The monoisotopic (exact) mass is 279 g/mol. The maximum absolute atomic E-state index is 6.06. The van der Waals surface area contributed by atoms with Gasteiger partial charge < -0.3 is 5.32 Å². The molecule has 0 saturated carbocycles. The van der Waals surface area contributed by atoms with Crippen molar-refractivity contribution in [3.8, 4) is 0 Å². The summed E-state index contributed by atoms with van der Waals surface area (Å²) in [5, 5.41) is 4.86. The molecule has 3 heteroatoms. The first-order valence-electron chi connectivity index (χ1n) is 5.80. The molecule has 1 N–H and O–H groups in total. The van der Waals surface area contributed by atoms with Crippen LogP contribution in [0.3, 0.4) is 0 Å². The van der Waals surface area contributed by atoms with Gasteiger partial charge in [-0.25, -0.2) is 0 Å². The highest BCUT2D eigenvalue weighted by Gasteiger charge is 2.12. The van der Waals surface area contributed by atoms with E-state index in [0.29, 0.717) is 0 Å². The van der Waals surface area contributed by atoms with Crippen molar-refractivity contribution in [2.24, 2.45) is 0 Å². The summed E-state index contributed by atoms with van der Waals surface area (Å²) in [4.78, 5) is 0. The van der Waals surface area contributed by atoms with Crippen molar-refractivity contribution >= 4 is 23.2 Å². The van der Waals surface area contributed by atoms with Crippen molar-refractivity contribution in [3.05, 3.63) is 69.2 Å². The van der Waals surface area contributed by atoms with E-state index in [0.717, 1.165) is 15.6 Å². The highest BCUT2D eigenvalue weighted by atomic mass is 35.5. The second kappa shape index (κ2) is 5.75. The van der Waals surface area contributed by atoms with E-state index < -0.39 is 0 Å². The molecule has 18 heavy (non-hydrogen) atoms. The molecule has 1 nitrogen and oxygen atoms in total. The Balaban J connectivity index is 2.38. The molecule has 0 bridgehead atoms. The number of aryl methyl sites for hydroxylation is 1. The standard InChI is InChI=1S/C15H15Cl2N/c1-10-9-12(5-8-14(10)17)15(18-2)11-3-6-13(16)7-4-11/h3-9,15,18H,1-2H3. The van der Waals surface area contributed by atoms with Crippen molar-refractivity contribution in [2.75, 3.05) is 7.05 Å². The summed E-state index contributed by atoms with van der Waals surface area (Å²) in [7, 11) is 1.95. The average molecular weight is 280 g/mol. The largest absolute Gasteiger partial charge is 0.309 e. The minimum atomic E-state index is 0.151. The summed E-state index contributed by atoms with van der Waals surface area (Å²) < 4.78 is 0. The molecule has 0 spiro atoms. The van der Waals surface area contributed by atoms with Crippen LogP contribution in [-0.2, 0) is 0 Å².